The summed E-state index contributed by atoms with van der Waals surface area (Å²) in [4.78, 5) is 2.27. The standard InChI is InChI=1S/C30H24F3NO3/c31-30(32,33)22-7-5-20(6-8-22)29(21-9-11-23(35)12-10-21)14-13-26-24-3-1-2-4-25(24)27(19-28(26)37-29)34-15-17-36-18-16-34/h1-14,19,35H,15-18H2. The molecule has 1 atom stereocenters. The van der Waals surface area contributed by atoms with E-state index >= 15 is 0 Å². The molecule has 0 aromatic heterocycles. The summed E-state index contributed by atoms with van der Waals surface area (Å²) in [7, 11) is 0. The molecule has 2 aliphatic rings. The average molecular weight is 504 g/mol. The van der Waals surface area contributed by atoms with Crippen LogP contribution in [0.25, 0.3) is 16.8 Å². The monoisotopic (exact) mass is 503 g/mol. The quantitative estimate of drug-likeness (QED) is 0.336. The SMILES string of the molecule is Oc1ccc(C2(c3ccc(C(F)(F)F)cc3)C=Cc3c(cc(N4CCOCC4)c4ccccc34)O2)cc1. The number of morpholine rings is 1. The maximum absolute atomic E-state index is 13.3. The van der Waals surface area contributed by atoms with Crippen LogP contribution in [-0.2, 0) is 16.5 Å². The summed E-state index contributed by atoms with van der Waals surface area (Å²) in [5.41, 5.74) is 1.27. The topological polar surface area (TPSA) is 41.9 Å². The van der Waals surface area contributed by atoms with Crippen LogP contribution in [-0.4, -0.2) is 31.4 Å². The zero-order valence-corrected chi connectivity index (χ0v) is 19.8. The molecule has 2 heterocycles. The molecule has 7 heteroatoms. The number of rotatable bonds is 3. The molecule has 4 nitrogen and oxygen atoms in total. The first-order valence-electron chi connectivity index (χ1n) is 12.1. The molecule has 0 spiro atoms. The van der Waals surface area contributed by atoms with Crippen molar-refractivity contribution in [2.75, 3.05) is 31.2 Å². The molecule has 2 aliphatic heterocycles. The molecule has 4 aromatic rings. The molecule has 0 amide bonds. The summed E-state index contributed by atoms with van der Waals surface area (Å²) in [6.07, 6.45) is -0.577. The molecule has 37 heavy (non-hydrogen) atoms. The first kappa shape index (κ1) is 23.4. The van der Waals surface area contributed by atoms with Crippen LogP contribution in [0.4, 0.5) is 18.9 Å². The summed E-state index contributed by atoms with van der Waals surface area (Å²) >= 11 is 0. The highest BCUT2D eigenvalue weighted by Gasteiger charge is 2.39. The van der Waals surface area contributed by atoms with Crippen molar-refractivity contribution >= 4 is 22.5 Å². The van der Waals surface area contributed by atoms with E-state index in [4.69, 9.17) is 9.47 Å². The molecule has 0 saturated carbocycles. The third kappa shape index (κ3) is 4.09. The largest absolute Gasteiger partial charge is 0.508 e. The van der Waals surface area contributed by atoms with E-state index in [1.54, 1.807) is 24.3 Å². The number of alkyl halides is 3. The second-order valence-corrected chi connectivity index (χ2v) is 9.25. The summed E-state index contributed by atoms with van der Waals surface area (Å²) in [6, 6.07) is 21.8. The van der Waals surface area contributed by atoms with Crippen LogP contribution in [0.3, 0.4) is 0 Å². The molecule has 1 unspecified atom stereocenters. The van der Waals surface area contributed by atoms with Gasteiger partial charge in [-0.1, -0.05) is 48.5 Å². The van der Waals surface area contributed by atoms with Gasteiger partial charge in [-0.2, -0.15) is 13.2 Å². The van der Waals surface area contributed by atoms with Gasteiger partial charge < -0.3 is 19.5 Å². The molecule has 188 valence electrons. The van der Waals surface area contributed by atoms with Crippen LogP contribution in [0.5, 0.6) is 11.5 Å². The van der Waals surface area contributed by atoms with Crippen LogP contribution in [0.15, 0.2) is 84.9 Å². The van der Waals surface area contributed by atoms with Gasteiger partial charge in [0.1, 0.15) is 11.5 Å². The molecule has 6 rings (SSSR count). The number of benzene rings is 4. The zero-order valence-electron chi connectivity index (χ0n) is 19.8. The molecule has 4 aromatic carbocycles. The minimum absolute atomic E-state index is 0.0899. The van der Waals surface area contributed by atoms with Gasteiger partial charge in [-0.05, 0) is 41.8 Å². The smallest absolute Gasteiger partial charge is 0.416 e. The number of phenolic OH excluding ortho intramolecular Hbond substituents is 1. The fourth-order valence-electron chi connectivity index (χ4n) is 5.18. The van der Waals surface area contributed by atoms with Crippen LogP contribution < -0.4 is 9.64 Å². The molecule has 1 saturated heterocycles. The van der Waals surface area contributed by atoms with E-state index in [0.29, 0.717) is 30.1 Å². The number of hydrogen-bond donors (Lipinski definition) is 1. The Morgan fingerprint density at radius 1 is 0.811 bits per heavy atom. The number of phenols is 1. The minimum Gasteiger partial charge on any atom is -0.508 e. The maximum Gasteiger partial charge on any atom is 0.416 e. The molecule has 1 fully saturated rings. The highest BCUT2D eigenvalue weighted by atomic mass is 19.4. The lowest BCUT2D eigenvalue weighted by molar-refractivity contribution is -0.137. The van der Waals surface area contributed by atoms with E-state index in [-0.39, 0.29) is 5.75 Å². The Hall–Kier alpha value is -3.97. The first-order valence-corrected chi connectivity index (χ1v) is 12.1. The van der Waals surface area contributed by atoms with Crippen molar-refractivity contribution in [2.24, 2.45) is 0 Å². The Morgan fingerprint density at radius 3 is 2.08 bits per heavy atom. The van der Waals surface area contributed by atoms with Gasteiger partial charge in [0.05, 0.1) is 18.8 Å². The Morgan fingerprint density at radius 2 is 1.43 bits per heavy atom. The average Bonchev–Trinajstić information content (AvgIpc) is 2.92. The van der Waals surface area contributed by atoms with Gasteiger partial charge >= 0.3 is 6.18 Å². The van der Waals surface area contributed by atoms with Gasteiger partial charge in [0, 0.05) is 46.9 Å². The summed E-state index contributed by atoms with van der Waals surface area (Å²) < 4.78 is 52.3. The van der Waals surface area contributed by atoms with Gasteiger partial charge in [0.2, 0.25) is 0 Å². The van der Waals surface area contributed by atoms with Crippen molar-refractivity contribution in [3.05, 3.63) is 107 Å². The highest BCUT2D eigenvalue weighted by molar-refractivity contribution is 6.02. The number of nitrogens with zero attached hydrogens (tertiary/aromatic N) is 1. The predicted octanol–water partition coefficient (Wildman–Crippen LogP) is 6.75. The third-order valence-electron chi connectivity index (χ3n) is 7.07. The molecule has 1 N–H and O–H groups in total. The predicted molar refractivity (Wildman–Crippen MR) is 137 cm³/mol. The lowest BCUT2D eigenvalue weighted by Crippen LogP contribution is -2.37. The lowest BCUT2D eigenvalue weighted by atomic mass is 9.82. The van der Waals surface area contributed by atoms with Crippen molar-refractivity contribution in [1.82, 2.24) is 0 Å². The summed E-state index contributed by atoms with van der Waals surface area (Å²) in [5.74, 6) is 0.725. The van der Waals surface area contributed by atoms with Crippen molar-refractivity contribution in [1.29, 1.82) is 0 Å². The van der Waals surface area contributed by atoms with Crippen LogP contribution in [0, 0.1) is 0 Å². The Kier molecular flexibility index (Phi) is 5.60. The van der Waals surface area contributed by atoms with Crippen molar-refractivity contribution < 1.29 is 27.8 Å². The highest BCUT2D eigenvalue weighted by Crippen LogP contribution is 2.47. The zero-order chi connectivity index (χ0) is 25.6. The summed E-state index contributed by atoms with van der Waals surface area (Å²) in [5, 5.41) is 12.0. The first-order chi connectivity index (χ1) is 17.8. The molecule has 0 bridgehead atoms. The van der Waals surface area contributed by atoms with Gasteiger partial charge in [-0.15, -0.1) is 0 Å². The van der Waals surface area contributed by atoms with Crippen LogP contribution >= 0.6 is 0 Å². The number of halogens is 3. The molecule has 0 radical (unpaired) electrons. The number of anilines is 1. The van der Waals surface area contributed by atoms with E-state index in [9.17, 15) is 18.3 Å². The lowest BCUT2D eigenvalue weighted by Gasteiger charge is -2.38. The van der Waals surface area contributed by atoms with Gasteiger partial charge in [-0.3, -0.25) is 0 Å². The van der Waals surface area contributed by atoms with Crippen LogP contribution in [0.1, 0.15) is 22.3 Å². The molecular weight excluding hydrogens is 479 g/mol. The van der Waals surface area contributed by atoms with Crippen molar-refractivity contribution in [3.63, 3.8) is 0 Å². The van der Waals surface area contributed by atoms with Gasteiger partial charge in [0.25, 0.3) is 0 Å². The van der Waals surface area contributed by atoms with Crippen molar-refractivity contribution in [3.8, 4) is 11.5 Å². The number of fused-ring (bicyclic) bond motifs is 3. The second-order valence-electron chi connectivity index (χ2n) is 9.25. The van der Waals surface area contributed by atoms with E-state index in [1.807, 2.05) is 30.4 Å². The van der Waals surface area contributed by atoms with Crippen molar-refractivity contribution in [2.45, 2.75) is 11.8 Å². The number of hydrogen-bond acceptors (Lipinski definition) is 4. The molecular formula is C30H24F3NO3. The fraction of sp³-hybridized carbons (Fsp3) is 0.200. The Bertz CT molecular complexity index is 1470. The fourth-order valence-corrected chi connectivity index (χ4v) is 5.18. The van der Waals surface area contributed by atoms with E-state index in [2.05, 4.69) is 17.0 Å². The number of ether oxygens (including phenoxy) is 2. The normalized spacial score (nSPS) is 19.5. The van der Waals surface area contributed by atoms with E-state index in [0.717, 1.165) is 47.2 Å². The Labute approximate surface area is 212 Å². The second kappa shape index (κ2) is 8.85. The number of aromatic hydroxyl groups is 1. The maximum atomic E-state index is 13.3. The van der Waals surface area contributed by atoms with Gasteiger partial charge in [-0.25, -0.2) is 0 Å². The van der Waals surface area contributed by atoms with Crippen LogP contribution in [0.2, 0.25) is 0 Å². The van der Waals surface area contributed by atoms with E-state index < -0.39 is 17.3 Å². The Balaban J connectivity index is 1.53. The summed E-state index contributed by atoms with van der Waals surface area (Å²) in [6.45, 7) is 2.77. The third-order valence-corrected chi connectivity index (χ3v) is 7.07. The van der Waals surface area contributed by atoms with Gasteiger partial charge in [0.15, 0.2) is 5.60 Å². The van der Waals surface area contributed by atoms with E-state index in [1.165, 1.54) is 12.1 Å². The minimum atomic E-state index is -4.44. The molecule has 0 aliphatic carbocycles.